The minimum absolute atomic E-state index is 0.0666. The monoisotopic (exact) mass is 410 g/mol. The molecular formula is C17H22N4O4S2. The molecule has 1 aliphatic rings. The average molecular weight is 411 g/mol. The van der Waals surface area contributed by atoms with E-state index in [4.69, 9.17) is 4.74 Å². The van der Waals surface area contributed by atoms with E-state index < -0.39 is 10.0 Å². The van der Waals surface area contributed by atoms with Crippen molar-refractivity contribution in [3.8, 4) is 5.75 Å². The second kappa shape index (κ2) is 8.32. The van der Waals surface area contributed by atoms with Crippen LogP contribution in [0.3, 0.4) is 0 Å². The van der Waals surface area contributed by atoms with Crippen LogP contribution < -0.4 is 9.46 Å². The van der Waals surface area contributed by atoms with Crippen molar-refractivity contribution < 1.29 is 17.9 Å². The molecule has 27 heavy (non-hydrogen) atoms. The Morgan fingerprint density at radius 2 is 2.11 bits per heavy atom. The van der Waals surface area contributed by atoms with Crippen LogP contribution in [0.15, 0.2) is 29.2 Å². The van der Waals surface area contributed by atoms with Crippen LogP contribution in [0.4, 0.5) is 0 Å². The number of benzene rings is 1. The van der Waals surface area contributed by atoms with E-state index in [0.717, 1.165) is 24.4 Å². The van der Waals surface area contributed by atoms with Gasteiger partial charge in [0, 0.05) is 19.6 Å². The smallest absolute Gasteiger partial charge is 0.267 e. The molecule has 2 aromatic rings. The Morgan fingerprint density at radius 1 is 1.37 bits per heavy atom. The standard InChI is InChI=1S/C17H22N4O4S2/c1-12-16(26-20-19-12)17(22)21-9-3-4-13(11-21)10-18-27(23,24)15-7-5-14(25-2)6-8-15/h5-8,13,18H,3-4,9-11H2,1-2H3/t13-/m1/s1. The zero-order chi connectivity index (χ0) is 19.4. The van der Waals surface area contributed by atoms with E-state index in [1.165, 1.54) is 19.2 Å². The molecule has 1 fully saturated rings. The SMILES string of the molecule is COc1ccc(S(=O)(=O)NC[C@H]2CCCN(C(=O)c3snnc3C)C2)cc1. The van der Waals surface area contributed by atoms with Crippen LogP contribution in [0.2, 0.25) is 0 Å². The number of carbonyl (C=O) groups excluding carboxylic acids is 1. The molecule has 1 aromatic carbocycles. The van der Waals surface area contributed by atoms with Gasteiger partial charge in [-0.3, -0.25) is 4.79 Å². The predicted octanol–water partition coefficient (Wildman–Crippen LogP) is 1.69. The molecule has 1 aromatic heterocycles. The number of amides is 1. The first kappa shape index (κ1) is 19.7. The number of sulfonamides is 1. The molecule has 3 rings (SSSR count). The molecule has 8 nitrogen and oxygen atoms in total. The molecule has 0 unspecified atom stereocenters. The molecule has 1 atom stereocenters. The lowest BCUT2D eigenvalue weighted by molar-refractivity contribution is 0.0680. The zero-order valence-electron chi connectivity index (χ0n) is 15.2. The van der Waals surface area contributed by atoms with Crippen LogP contribution in [0.25, 0.3) is 0 Å². The highest BCUT2D eigenvalue weighted by Gasteiger charge is 2.28. The van der Waals surface area contributed by atoms with Crippen molar-refractivity contribution in [3.63, 3.8) is 0 Å². The van der Waals surface area contributed by atoms with Gasteiger partial charge in [0.25, 0.3) is 5.91 Å². The maximum Gasteiger partial charge on any atom is 0.267 e. The summed E-state index contributed by atoms with van der Waals surface area (Å²) in [6.07, 6.45) is 1.71. The minimum atomic E-state index is -3.60. The highest BCUT2D eigenvalue weighted by Crippen LogP contribution is 2.21. The van der Waals surface area contributed by atoms with Crippen LogP contribution in [0, 0.1) is 12.8 Å². The van der Waals surface area contributed by atoms with Gasteiger partial charge < -0.3 is 9.64 Å². The lowest BCUT2D eigenvalue weighted by atomic mass is 9.98. The van der Waals surface area contributed by atoms with E-state index in [9.17, 15) is 13.2 Å². The number of nitrogens with one attached hydrogen (secondary N) is 1. The summed E-state index contributed by atoms with van der Waals surface area (Å²) in [6, 6.07) is 6.25. The molecule has 1 aliphatic heterocycles. The minimum Gasteiger partial charge on any atom is -0.497 e. The quantitative estimate of drug-likeness (QED) is 0.778. The summed E-state index contributed by atoms with van der Waals surface area (Å²) < 4.78 is 36.5. The van der Waals surface area contributed by atoms with Crippen molar-refractivity contribution in [2.45, 2.75) is 24.7 Å². The van der Waals surface area contributed by atoms with Gasteiger partial charge in [-0.1, -0.05) is 4.49 Å². The van der Waals surface area contributed by atoms with Crippen LogP contribution in [0.1, 0.15) is 28.2 Å². The van der Waals surface area contributed by atoms with Crippen molar-refractivity contribution in [2.24, 2.45) is 5.92 Å². The van der Waals surface area contributed by atoms with Crippen LogP contribution in [0.5, 0.6) is 5.75 Å². The first-order chi connectivity index (χ1) is 12.9. The normalized spacial score (nSPS) is 17.7. The van der Waals surface area contributed by atoms with Gasteiger partial charge in [-0.25, -0.2) is 13.1 Å². The number of piperidine rings is 1. The number of hydrogen-bond acceptors (Lipinski definition) is 7. The van der Waals surface area contributed by atoms with Gasteiger partial charge in [-0.2, -0.15) is 0 Å². The second-order valence-electron chi connectivity index (χ2n) is 6.47. The molecule has 0 saturated carbocycles. The highest BCUT2D eigenvalue weighted by molar-refractivity contribution is 7.89. The molecule has 0 aliphatic carbocycles. The second-order valence-corrected chi connectivity index (χ2v) is 9.00. The topological polar surface area (TPSA) is 101 Å². The third kappa shape index (κ3) is 4.63. The Morgan fingerprint density at radius 3 is 2.74 bits per heavy atom. The van der Waals surface area contributed by atoms with Gasteiger partial charge in [-0.15, -0.1) is 5.10 Å². The summed E-state index contributed by atoms with van der Waals surface area (Å²) in [6.45, 7) is 3.23. The van der Waals surface area contributed by atoms with Crippen LogP contribution in [-0.4, -0.2) is 55.6 Å². The number of rotatable bonds is 6. The van der Waals surface area contributed by atoms with Crippen molar-refractivity contribution in [1.29, 1.82) is 0 Å². The molecule has 0 spiro atoms. The van der Waals surface area contributed by atoms with E-state index >= 15 is 0 Å². The molecule has 0 radical (unpaired) electrons. The van der Waals surface area contributed by atoms with Gasteiger partial charge >= 0.3 is 0 Å². The molecule has 1 saturated heterocycles. The fourth-order valence-corrected chi connectivity index (χ4v) is 4.79. The Hall–Kier alpha value is -2.04. The summed E-state index contributed by atoms with van der Waals surface area (Å²) >= 11 is 1.10. The Balaban J connectivity index is 1.60. The Kier molecular flexibility index (Phi) is 6.08. The van der Waals surface area contributed by atoms with E-state index in [0.29, 0.717) is 29.4 Å². The number of carbonyl (C=O) groups is 1. The summed E-state index contributed by atoms with van der Waals surface area (Å²) in [5.41, 5.74) is 0.632. The van der Waals surface area contributed by atoms with Crippen molar-refractivity contribution in [2.75, 3.05) is 26.7 Å². The molecular weight excluding hydrogens is 388 g/mol. The fraction of sp³-hybridized carbons (Fsp3) is 0.471. The van der Waals surface area contributed by atoms with Crippen molar-refractivity contribution >= 4 is 27.5 Å². The largest absolute Gasteiger partial charge is 0.497 e. The molecule has 0 bridgehead atoms. The predicted molar refractivity (Wildman–Crippen MR) is 101 cm³/mol. The number of hydrogen-bond donors (Lipinski definition) is 1. The first-order valence-corrected chi connectivity index (χ1v) is 10.9. The van der Waals surface area contributed by atoms with Gasteiger partial charge in [0.2, 0.25) is 10.0 Å². The van der Waals surface area contributed by atoms with E-state index in [1.807, 2.05) is 0 Å². The molecule has 10 heteroatoms. The average Bonchev–Trinajstić information content (AvgIpc) is 3.12. The highest BCUT2D eigenvalue weighted by atomic mass is 32.2. The number of aromatic nitrogens is 2. The summed E-state index contributed by atoms with van der Waals surface area (Å²) in [5, 5.41) is 3.89. The van der Waals surface area contributed by atoms with Crippen LogP contribution >= 0.6 is 11.5 Å². The van der Waals surface area contributed by atoms with Gasteiger partial charge in [0.15, 0.2) is 0 Å². The first-order valence-electron chi connectivity index (χ1n) is 8.62. The van der Waals surface area contributed by atoms with E-state index in [-0.39, 0.29) is 23.3 Å². The summed E-state index contributed by atoms with van der Waals surface area (Å²) in [4.78, 5) is 15.1. The molecule has 2 heterocycles. The van der Waals surface area contributed by atoms with E-state index in [2.05, 4.69) is 14.3 Å². The number of ether oxygens (including phenoxy) is 1. The third-order valence-corrected chi connectivity index (χ3v) is 6.84. The van der Waals surface area contributed by atoms with Crippen molar-refractivity contribution in [1.82, 2.24) is 19.2 Å². The fourth-order valence-electron chi connectivity index (χ4n) is 3.05. The van der Waals surface area contributed by atoms with Gasteiger partial charge in [-0.05, 0) is 61.5 Å². The zero-order valence-corrected chi connectivity index (χ0v) is 16.8. The Labute approximate surface area is 162 Å². The molecule has 1 N–H and O–H groups in total. The lowest BCUT2D eigenvalue weighted by Gasteiger charge is -2.32. The van der Waals surface area contributed by atoms with Gasteiger partial charge in [0.05, 0.1) is 17.7 Å². The number of aryl methyl sites for hydroxylation is 1. The maximum atomic E-state index is 12.6. The summed E-state index contributed by atoms with van der Waals surface area (Å²) in [7, 11) is -2.07. The lowest BCUT2D eigenvalue weighted by Crippen LogP contribution is -2.43. The van der Waals surface area contributed by atoms with Crippen LogP contribution in [-0.2, 0) is 10.0 Å². The Bertz CT molecular complexity index is 896. The number of likely N-dealkylation sites (tertiary alicyclic amines) is 1. The van der Waals surface area contributed by atoms with E-state index in [1.54, 1.807) is 24.0 Å². The van der Waals surface area contributed by atoms with Crippen molar-refractivity contribution in [3.05, 3.63) is 34.8 Å². The molecule has 146 valence electrons. The third-order valence-electron chi connectivity index (χ3n) is 4.58. The summed E-state index contributed by atoms with van der Waals surface area (Å²) in [5.74, 6) is 0.588. The van der Waals surface area contributed by atoms with Gasteiger partial charge in [0.1, 0.15) is 10.6 Å². The number of methoxy groups -OCH3 is 1. The number of nitrogens with zero attached hydrogens (tertiary/aromatic N) is 3. The maximum absolute atomic E-state index is 12.6. The molecule has 1 amide bonds.